The van der Waals surface area contributed by atoms with Crippen LogP contribution < -0.4 is 9.47 Å². The zero-order chi connectivity index (χ0) is 17.6. The van der Waals surface area contributed by atoms with E-state index in [1.807, 2.05) is 12.1 Å². The van der Waals surface area contributed by atoms with Crippen LogP contribution in [0, 0.1) is 0 Å². The molecule has 2 fully saturated rings. The van der Waals surface area contributed by atoms with E-state index < -0.39 is 6.17 Å². The molecule has 25 heavy (non-hydrogen) atoms. The minimum absolute atomic E-state index is 0.235. The van der Waals surface area contributed by atoms with Crippen LogP contribution in [0.25, 0.3) is 0 Å². The summed E-state index contributed by atoms with van der Waals surface area (Å²) in [6.07, 6.45) is 5.76. The Morgan fingerprint density at radius 1 is 1.08 bits per heavy atom. The number of halogens is 1. The number of alkyl halides is 1. The Morgan fingerprint density at radius 2 is 1.88 bits per heavy atom. The van der Waals surface area contributed by atoms with Crippen LogP contribution in [0.15, 0.2) is 18.2 Å². The number of nitrogens with zero attached hydrogens (tertiary/aromatic N) is 1. The fraction of sp³-hybridized carbons (Fsp3) is 0.700. The highest BCUT2D eigenvalue weighted by Gasteiger charge is 2.35. The molecule has 0 spiro atoms. The molecule has 3 unspecified atom stereocenters. The van der Waals surface area contributed by atoms with Crippen molar-refractivity contribution in [3.63, 3.8) is 0 Å². The van der Waals surface area contributed by atoms with Crippen molar-refractivity contribution in [2.24, 2.45) is 0 Å². The van der Waals surface area contributed by atoms with E-state index in [-0.39, 0.29) is 6.10 Å². The molecule has 0 bridgehead atoms. The molecule has 0 aromatic heterocycles. The normalized spacial score (nSPS) is 27.4. The quantitative estimate of drug-likeness (QED) is 0.751. The number of hydrogen-bond donors (Lipinski definition) is 0. The second-order valence-corrected chi connectivity index (χ2v) is 7.08. The molecular formula is C20H30FNO3. The maximum absolute atomic E-state index is 13.6. The first-order valence-corrected chi connectivity index (χ1v) is 9.42. The fourth-order valence-corrected chi connectivity index (χ4v) is 4.10. The molecule has 0 radical (unpaired) electrons. The highest BCUT2D eigenvalue weighted by Crippen LogP contribution is 2.30. The van der Waals surface area contributed by atoms with Gasteiger partial charge < -0.3 is 14.2 Å². The largest absolute Gasteiger partial charge is 0.493 e. The lowest BCUT2D eigenvalue weighted by Gasteiger charge is -2.37. The van der Waals surface area contributed by atoms with Gasteiger partial charge in [0.05, 0.1) is 26.9 Å². The van der Waals surface area contributed by atoms with Crippen molar-refractivity contribution >= 4 is 0 Å². The molecule has 3 rings (SSSR count). The van der Waals surface area contributed by atoms with Gasteiger partial charge in [-0.1, -0.05) is 18.9 Å². The number of hydrogen-bond acceptors (Lipinski definition) is 4. The molecular weight excluding hydrogens is 321 g/mol. The van der Waals surface area contributed by atoms with Gasteiger partial charge >= 0.3 is 0 Å². The van der Waals surface area contributed by atoms with Crippen molar-refractivity contribution in [1.82, 2.24) is 4.90 Å². The van der Waals surface area contributed by atoms with E-state index in [1.54, 1.807) is 14.2 Å². The van der Waals surface area contributed by atoms with Gasteiger partial charge in [-0.25, -0.2) is 4.39 Å². The minimum atomic E-state index is -0.658. The van der Waals surface area contributed by atoms with Gasteiger partial charge in [-0.15, -0.1) is 0 Å². The monoisotopic (exact) mass is 351 g/mol. The molecule has 2 aliphatic rings. The highest BCUT2D eigenvalue weighted by atomic mass is 19.1. The van der Waals surface area contributed by atoms with Gasteiger partial charge in [-0.05, 0) is 43.4 Å². The van der Waals surface area contributed by atoms with Crippen LogP contribution in [0.1, 0.15) is 37.7 Å². The maximum atomic E-state index is 13.6. The van der Waals surface area contributed by atoms with Crippen LogP contribution >= 0.6 is 0 Å². The molecule has 1 aliphatic carbocycles. The van der Waals surface area contributed by atoms with E-state index in [9.17, 15) is 4.39 Å². The Balaban J connectivity index is 1.53. The average Bonchev–Trinajstić information content (AvgIpc) is 3.08. The third-order valence-electron chi connectivity index (χ3n) is 5.47. The maximum Gasteiger partial charge on any atom is 0.160 e. The van der Waals surface area contributed by atoms with Crippen molar-refractivity contribution < 1.29 is 18.6 Å². The van der Waals surface area contributed by atoms with Gasteiger partial charge in [0.1, 0.15) is 6.17 Å². The molecule has 1 heterocycles. The third-order valence-corrected chi connectivity index (χ3v) is 5.47. The highest BCUT2D eigenvalue weighted by molar-refractivity contribution is 5.42. The number of rotatable bonds is 7. The number of methoxy groups -OCH3 is 2. The Labute approximate surface area is 150 Å². The SMILES string of the molecule is COc1ccc(CCOC2CCCCC2N2CCC(F)C2)cc1OC. The van der Waals surface area contributed by atoms with Crippen LogP contribution in [0.3, 0.4) is 0 Å². The molecule has 5 heteroatoms. The Hall–Kier alpha value is -1.33. The standard InChI is InChI=1S/C20H30FNO3/c1-23-19-8-7-15(13-20(19)24-2)10-12-25-18-6-4-3-5-17(18)22-11-9-16(21)14-22/h7-8,13,16-18H,3-6,9-12,14H2,1-2H3. The van der Waals surface area contributed by atoms with Crippen molar-refractivity contribution in [3.05, 3.63) is 23.8 Å². The topological polar surface area (TPSA) is 30.9 Å². The smallest absolute Gasteiger partial charge is 0.160 e. The van der Waals surface area contributed by atoms with Crippen molar-refractivity contribution in [1.29, 1.82) is 0 Å². The molecule has 0 amide bonds. The number of benzene rings is 1. The van der Waals surface area contributed by atoms with E-state index in [2.05, 4.69) is 11.0 Å². The van der Waals surface area contributed by atoms with Gasteiger partial charge in [-0.3, -0.25) is 4.90 Å². The van der Waals surface area contributed by atoms with Gasteiger partial charge in [-0.2, -0.15) is 0 Å². The summed E-state index contributed by atoms with van der Waals surface area (Å²) < 4.78 is 30.4. The van der Waals surface area contributed by atoms with Gasteiger partial charge in [0.25, 0.3) is 0 Å². The van der Waals surface area contributed by atoms with Crippen molar-refractivity contribution in [3.8, 4) is 11.5 Å². The van der Waals surface area contributed by atoms with E-state index in [4.69, 9.17) is 14.2 Å². The summed E-state index contributed by atoms with van der Waals surface area (Å²) in [4.78, 5) is 2.31. The predicted octanol–water partition coefficient (Wildman–Crippen LogP) is 3.62. The molecule has 140 valence electrons. The number of likely N-dealkylation sites (tertiary alicyclic amines) is 1. The predicted molar refractivity (Wildman–Crippen MR) is 96.3 cm³/mol. The molecule has 1 aliphatic heterocycles. The van der Waals surface area contributed by atoms with Crippen LogP contribution in [0.4, 0.5) is 4.39 Å². The molecule has 1 saturated heterocycles. The molecule has 0 N–H and O–H groups in total. The first kappa shape index (κ1) is 18.5. The second kappa shape index (κ2) is 8.86. The molecule has 4 nitrogen and oxygen atoms in total. The molecule has 3 atom stereocenters. The first-order valence-electron chi connectivity index (χ1n) is 9.42. The van der Waals surface area contributed by atoms with Crippen LogP contribution in [-0.2, 0) is 11.2 Å². The molecule has 1 aromatic rings. The lowest BCUT2D eigenvalue weighted by Crippen LogP contribution is -2.46. The summed E-state index contributed by atoms with van der Waals surface area (Å²) >= 11 is 0. The van der Waals surface area contributed by atoms with Crippen molar-refractivity contribution in [2.45, 2.75) is 56.8 Å². The lowest BCUT2D eigenvalue weighted by molar-refractivity contribution is -0.0303. The van der Waals surface area contributed by atoms with Gasteiger partial charge in [0.2, 0.25) is 0 Å². The minimum Gasteiger partial charge on any atom is -0.493 e. The van der Waals surface area contributed by atoms with Gasteiger partial charge in [0.15, 0.2) is 11.5 Å². The van der Waals surface area contributed by atoms with E-state index in [0.717, 1.165) is 37.3 Å². The zero-order valence-corrected chi connectivity index (χ0v) is 15.4. The lowest BCUT2D eigenvalue weighted by atomic mass is 9.91. The summed E-state index contributed by atoms with van der Waals surface area (Å²) in [7, 11) is 3.29. The zero-order valence-electron chi connectivity index (χ0n) is 15.4. The number of ether oxygens (including phenoxy) is 3. The summed E-state index contributed by atoms with van der Waals surface area (Å²) in [5.74, 6) is 1.50. The third kappa shape index (κ3) is 4.64. The first-order chi connectivity index (χ1) is 12.2. The van der Waals surface area contributed by atoms with Crippen LogP contribution in [-0.4, -0.2) is 57.1 Å². The summed E-state index contributed by atoms with van der Waals surface area (Å²) in [6, 6.07) is 6.38. The molecule has 1 saturated carbocycles. The van der Waals surface area contributed by atoms with Crippen LogP contribution in [0.5, 0.6) is 11.5 Å². The fourth-order valence-electron chi connectivity index (χ4n) is 4.10. The Morgan fingerprint density at radius 3 is 2.60 bits per heavy atom. The summed E-state index contributed by atoms with van der Waals surface area (Å²) in [5, 5.41) is 0. The van der Waals surface area contributed by atoms with Crippen molar-refractivity contribution in [2.75, 3.05) is 33.9 Å². The van der Waals surface area contributed by atoms with Gasteiger partial charge in [0, 0.05) is 19.1 Å². The van der Waals surface area contributed by atoms with E-state index in [1.165, 1.54) is 18.4 Å². The van der Waals surface area contributed by atoms with Crippen LogP contribution in [0.2, 0.25) is 0 Å². The van der Waals surface area contributed by atoms with E-state index in [0.29, 0.717) is 25.6 Å². The molecule has 1 aromatic carbocycles. The Bertz CT molecular complexity index is 554. The van der Waals surface area contributed by atoms with E-state index >= 15 is 0 Å². The average molecular weight is 351 g/mol. The summed E-state index contributed by atoms with van der Waals surface area (Å²) in [6.45, 7) is 2.14. The second-order valence-electron chi connectivity index (χ2n) is 7.08. The summed E-state index contributed by atoms with van der Waals surface area (Å²) in [5.41, 5.74) is 1.18. The Kier molecular flexibility index (Phi) is 6.54.